The number of sulfonamides is 1. The lowest BCUT2D eigenvalue weighted by molar-refractivity contribution is 0.0746. The van der Waals surface area contributed by atoms with Gasteiger partial charge in [-0.15, -0.1) is 0 Å². The summed E-state index contributed by atoms with van der Waals surface area (Å²) < 4.78 is 28.2. The lowest BCUT2D eigenvalue weighted by atomic mass is 10.1. The highest BCUT2D eigenvalue weighted by molar-refractivity contribution is 7.92. The Hall–Kier alpha value is -3.65. The largest absolute Gasteiger partial charge is 0.368 e. The van der Waals surface area contributed by atoms with Gasteiger partial charge in [-0.1, -0.05) is 24.3 Å². The molecule has 5 rings (SSSR count). The van der Waals surface area contributed by atoms with E-state index in [4.69, 9.17) is 0 Å². The van der Waals surface area contributed by atoms with Crippen molar-refractivity contribution in [3.8, 4) is 0 Å². The molecule has 0 N–H and O–H groups in total. The summed E-state index contributed by atoms with van der Waals surface area (Å²) in [5.41, 5.74) is 3.78. The number of hydrogen-bond acceptors (Lipinski definition) is 5. The Labute approximate surface area is 205 Å². The van der Waals surface area contributed by atoms with E-state index in [1.165, 1.54) is 10.4 Å². The molecule has 7 nitrogen and oxygen atoms in total. The predicted octanol–water partition coefficient (Wildman–Crippen LogP) is 3.60. The van der Waals surface area contributed by atoms with Crippen molar-refractivity contribution in [1.82, 2.24) is 4.90 Å². The quantitative estimate of drug-likeness (QED) is 0.512. The maximum Gasteiger partial charge on any atom is 0.264 e. The Balaban J connectivity index is 1.29. The van der Waals surface area contributed by atoms with Gasteiger partial charge in [-0.05, 0) is 67.4 Å². The highest BCUT2D eigenvalue weighted by Gasteiger charge is 2.31. The number of nitrogens with zero attached hydrogens (tertiary/aromatic N) is 3. The van der Waals surface area contributed by atoms with E-state index in [9.17, 15) is 18.0 Å². The van der Waals surface area contributed by atoms with Crippen LogP contribution in [0.25, 0.3) is 0 Å². The number of amides is 1. The van der Waals surface area contributed by atoms with E-state index < -0.39 is 10.0 Å². The Morgan fingerprint density at radius 3 is 2.20 bits per heavy atom. The number of fused-ring (bicyclic) bond motifs is 1. The summed E-state index contributed by atoms with van der Waals surface area (Å²) in [7, 11) is -3.76. The van der Waals surface area contributed by atoms with Gasteiger partial charge in [0.15, 0.2) is 5.78 Å². The summed E-state index contributed by atoms with van der Waals surface area (Å²) in [5.74, 6) is -0.138. The van der Waals surface area contributed by atoms with Gasteiger partial charge in [-0.25, -0.2) is 8.42 Å². The minimum absolute atomic E-state index is 0.0325. The fourth-order valence-electron chi connectivity index (χ4n) is 4.73. The van der Waals surface area contributed by atoms with Gasteiger partial charge in [0.2, 0.25) is 0 Å². The van der Waals surface area contributed by atoms with Gasteiger partial charge in [0.05, 0.1) is 10.6 Å². The molecule has 3 aromatic rings. The lowest BCUT2D eigenvalue weighted by Gasteiger charge is -2.36. The van der Waals surface area contributed by atoms with E-state index >= 15 is 0 Å². The van der Waals surface area contributed by atoms with Crippen LogP contribution in [0.5, 0.6) is 0 Å². The zero-order chi connectivity index (χ0) is 24.6. The van der Waals surface area contributed by atoms with Crippen molar-refractivity contribution in [1.29, 1.82) is 0 Å². The average Bonchev–Trinajstić information content (AvgIpc) is 3.34. The third kappa shape index (κ3) is 4.41. The van der Waals surface area contributed by atoms with Crippen LogP contribution >= 0.6 is 0 Å². The molecule has 0 saturated carbocycles. The highest BCUT2D eigenvalue weighted by atomic mass is 32.2. The van der Waals surface area contributed by atoms with Gasteiger partial charge in [-0.3, -0.25) is 13.9 Å². The molecule has 1 fully saturated rings. The Morgan fingerprint density at radius 2 is 1.49 bits per heavy atom. The molecule has 1 amide bonds. The molecule has 8 heteroatoms. The molecule has 35 heavy (non-hydrogen) atoms. The van der Waals surface area contributed by atoms with Gasteiger partial charge >= 0.3 is 0 Å². The topological polar surface area (TPSA) is 78.0 Å². The molecule has 0 atom stereocenters. The van der Waals surface area contributed by atoms with E-state index in [1.54, 1.807) is 30.0 Å². The van der Waals surface area contributed by atoms with Crippen LogP contribution in [0.1, 0.15) is 33.2 Å². The summed E-state index contributed by atoms with van der Waals surface area (Å²) >= 11 is 0. The number of Topliss-reactive ketones (excluding diaryl/α,β-unsaturated/α-hetero) is 1. The molecule has 0 aromatic heterocycles. The second kappa shape index (κ2) is 9.19. The van der Waals surface area contributed by atoms with Gasteiger partial charge in [-0.2, -0.15) is 0 Å². The fourth-order valence-corrected chi connectivity index (χ4v) is 6.28. The fraction of sp³-hybridized carbons (Fsp3) is 0.259. The summed E-state index contributed by atoms with van der Waals surface area (Å²) in [6, 6.07) is 21.4. The summed E-state index contributed by atoms with van der Waals surface area (Å²) in [4.78, 5) is 28.8. The molecule has 0 bridgehead atoms. The molecule has 0 spiro atoms. The first-order valence-electron chi connectivity index (χ1n) is 11.7. The molecular formula is C27H27N3O4S. The average molecular weight is 490 g/mol. The van der Waals surface area contributed by atoms with Gasteiger partial charge in [0.1, 0.15) is 0 Å². The third-order valence-corrected chi connectivity index (χ3v) is 8.53. The first kappa shape index (κ1) is 23.1. The minimum atomic E-state index is -3.76. The lowest BCUT2D eigenvalue weighted by Crippen LogP contribution is -2.48. The van der Waals surface area contributed by atoms with Crippen LogP contribution in [0.4, 0.5) is 11.4 Å². The second-order valence-corrected chi connectivity index (χ2v) is 10.7. The first-order valence-corrected chi connectivity index (χ1v) is 13.1. The van der Waals surface area contributed by atoms with Gasteiger partial charge in [0, 0.05) is 49.5 Å². The zero-order valence-electron chi connectivity index (χ0n) is 19.6. The van der Waals surface area contributed by atoms with E-state index in [1.807, 2.05) is 48.5 Å². The molecule has 1 saturated heterocycles. The summed E-state index contributed by atoms with van der Waals surface area (Å²) in [5, 5.41) is 0. The van der Waals surface area contributed by atoms with E-state index in [0.29, 0.717) is 56.0 Å². The first-order chi connectivity index (χ1) is 16.8. The SMILES string of the molecule is CC(=O)c1ccc(N2CCN(C(=O)c3cccc(S(=O)(=O)N4CCc5ccccc54)c3)CC2)cc1. The minimum Gasteiger partial charge on any atom is -0.368 e. The van der Waals surface area contributed by atoms with Crippen LogP contribution in [-0.2, 0) is 16.4 Å². The predicted molar refractivity (Wildman–Crippen MR) is 136 cm³/mol. The molecule has 180 valence electrons. The Bertz CT molecular complexity index is 1380. The maximum absolute atomic E-state index is 13.4. The molecule has 0 radical (unpaired) electrons. The molecular weight excluding hydrogens is 462 g/mol. The monoisotopic (exact) mass is 489 g/mol. The van der Waals surface area contributed by atoms with Crippen LogP contribution in [0.3, 0.4) is 0 Å². The van der Waals surface area contributed by atoms with Crippen molar-refractivity contribution >= 4 is 33.1 Å². The number of carbonyl (C=O) groups is 2. The van der Waals surface area contributed by atoms with Gasteiger partial charge in [0.25, 0.3) is 15.9 Å². The number of anilines is 2. The van der Waals surface area contributed by atoms with E-state index in [0.717, 1.165) is 11.3 Å². The van der Waals surface area contributed by atoms with Crippen molar-refractivity contribution in [2.24, 2.45) is 0 Å². The molecule has 3 aromatic carbocycles. The number of benzene rings is 3. The molecule has 0 aliphatic carbocycles. The highest BCUT2D eigenvalue weighted by Crippen LogP contribution is 2.33. The second-order valence-electron chi connectivity index (χ2n) is 8.87. The van der Waals surface area contributed by atoms with Crippen LogP contribution in [0.15, 0.2) is 77.7 Å². The van der Waals surface area contributed by atoms with Crippen molar-refractivity contribution in [2.45, 2.75) is 18.2 Å². The van der Waals surface area contributed by atoms with Crippen molar-refractivity contribution in [2.75, 3.05) is 41.9 Å². The number of para-hydroxylation sites is 1. The summed E-state index contributed by atoms with van der Waals surface area (Å²) in [6.07, 6.45) is 0.676. The molecule has 2 aliphatic rings. The number of piperazine rings is 1. The Kier molecular flexibility index (Phi) is 6.06. The van der Waals surface area contributed by atoms with Crippen LogP contribution in [0, 0.1) is 0 Å². The van der Waals surface area contributed by atoms with E-state index in [-0.39, 0.29) is 16.6 Å². The normalized spacial score (nSPS) is 15.7. The number of carbonyl (C=O) groups excluding carboxylic acids is 2. The zero-order valence-corrected chi connectivity index (χ0v) is 20.4. The van der Waals surface area contributed by atoms with Crippen LogP contribution < -0.4 is 9.21 Å². The van der Waals surface area contributed by atoms with Crippen molar-refractivity contribution in [3.63, 3.8) is 0 Å². The van der Waals surface area contributed by atoms with E-state index in [2.05, 4.69) is 4.90 Å². The maximum atomic E-state index is 13.4. The number of ketones is 1. The van der Waals surface area contributed by atoms with Crippen LogP contribution in [0.2, 0.25) is 0 Å². The molecule has 0 unspecified atom stereocenters. The Morgan fingerprint density at radius 1 is 0.771 bits per heavy atom. The summed E-state index contributed by atoms with van der Waals surface area (Å²) in [6.45, 7) is 4.33. The smallest absolute Gasteiger partial charge is 0.264 e. The van der Waals surface area contributed by atoms with Crippen molar-refractivity contribution < 1.29 is 18.0 Å². The van der Waals surface area contributed by atoms with Crippen molar-refractivity contribution in [3.05, 3.63) is 89.5 Å². The standard InChI is InChI=1S/C27H27N3O4S/c1-20(31)21-9-11-24(12-10-21)28-15-17-29(18-16-28)27(32)23-6-4-7-25(19-23)35(33,34)30-14-13-22-5-2-3-8-26(22)30/h2-12,19H,13-18H2,1H3. The van der Waals surface area contributed by atoms with Crippen LogP contribution in [-0.4, -0.2) is 57.7 Å². The third-order valence-electron chi connectivity index (χ3n) is 6.72. The number of hydrogen-bond donors (Lipinski definition) is 0. The molecule has 2 aliphatic heterocycles. The van der Waals surface area contributed by atoms with Gasteiger partial charge < -0.3 is 9.80 Å². The number of rotatable bonds is 5. The molecule has 2 heterocycles.